The van der Waals surface area contributed by atoms with Gasteiger partial charge < -0.3 is 19.4 Å². The van der Waals surface area contributed by atoms with Crippen LogP contribution < -0.4 is 4.74 Å². The predicted octanol–water partition coefficient (Wildman–Crippen LogP) is 3.57. The van der Waals surface area contributed by atoms with Crippen LogP contribution in [0.2, 0.25) is 5.02 Å². The molecule has 1 aromatic heterocycles. The lowest BCUT2D eigenvalue weighted by atomic mass is 9.77. The van der Waals surface area contributed by atoms with Crippen molar-refractivity contribution < 1.29 is 14.3 Å². The van der Waals surface area contributed by atoms with E-state index in [0.717, 1.165) is 44.7 Å². The summed E-state index contributed by atoms with van der Waals surface area (Å²) in [5.41, 5.74) is 2.01. The van der Waals surface area contributed by atoms with Crippen LogP contribution in [0.4, 0.5) is 0 Å². The maximum atomic E-state index is 13.3. The zero-order valence-electron chi connectivity index (χ0n) is 19.3. The van der Waals surface area contributed by atoms with Crippen molar-refractivity contribution >= 4 is 34.8 Å². The van der Waals surface area contributed by atoms with Gasteiger partial charge in [-0.1, -0.05) is 17.7 Å². The molecule has 0 N–H and O–H groups in total. The first kappa shape index (κ1) is 24.0. The Morgan fingerprint density at radius 1 is 1.18 bits per heavy atom. The summed E-state index contributed by atoms with van der Waals surface area (Å²) in [6.45, 7) is 6.63. The number of hydrogen-bond donors (Lipinski definition) is 0. The van der Waals surface area contributed by atoms with E-state index >= 15 is 0 Å². The molecule has 0 radical (unpaired) electrons. The van der Waals surface area contributed by atoms with E-state index in [1.807, 2.05) is 28.9 Å². The van der Waals surface area contributed by atoms with E-state index in [1.165, 1.54) is 11.3 Å². The van der Waals surface area contributed by atoms with Crippen molar-refractivity contribution in [2.24, 2.45) is 5.41 Å². The molecule has 0 unspecified atom stereocenters. The second-order valence-corrected chi connectivity index (χ2v) is 10.5. The van der Waals surface area contributed by atoms with Gasteiger partial charge in [0.2, 0.25) is 5.91 Å². The lowest BCUT2D eigenvalue weighted by Gasteiger charge is -2.43. The second kappa shape index (κ2) is 10.4. The highest BCUT2D eigenvalue weighted by molar-refractivity contribution is 7.11. The van der Waals surface area contributed by atoms with Crippen molar-refractivity contribution in [1.29, 1.82) is 0 Å². The van der Waals surface area contributed by atoms with Crippen LogP contribution in [0.15, 0.2) is 29.8 Å². The Labute approximate surface area is 204 Å². The van der Waals surface area contributed by atoms with Gasteiger partial charge in [0.15, 0.2) is 0 Å². The Kier molecular flexibility index (Phi) is 7.56. The van der Waals surface area contributed by atoms with Crippen LogP contribution in [0.1, 0.15) is 34.6 Å². The van der Waals surface area contributed by atoms with E-state index in [2.05, 4.69) is 16.9 Å². The molecular weight excluding hydrogens is 460 g/mol. The van der Waals surface area contributed by atoms with Gasteiger partial charge in [0, 0.05) is 56.1 Å². The molecule has 1 atom stereocenters. The fraction of sp³-hybridized carbons (Fsp3) is 0.542. The van der Waals surface area contributed by atoms with Gasteiger partial charge in [-0.3, -0.25) is 9.59 Å². The third kappa shape index (κ3) is 5.86. The molecule has 2 aliphatic rings. The van der Waals surface area contributed by atoms with Gasteiger partial charge in [-0.25, -0.2) is 4.98 Å². The standard InChI is InChI=1S/C24H31ClN4O3S/c1-18-22(33-17-26-18)23(31)29-8-4-7-24(15-29,16-32-20-6-3-5-19(25)13-20)14-21(30)28-11-9-27(2)10-12-28/h3,5-6,13,17H,4,7-12,14-16H2,1-2H3/t24-/m0/s1. The third-order valence-corrected chi connectivity index (χ3v) is 7.76. The first-order valence-corrected chi connectivity index (χ1v) is 12.7. The van der Waals surface area contributed by atoms with Crippen LogP contribution in [0.3, 0.4) is 0 Å². The number of halogens is 1. The van der Waals surface area contributed by atoms with E-state index in [-0.39, 0.29) is 11.8 Å². The van der Waals surface area contributed by atoms with Gasteiger partial charge in [0.05, 0.1) is 17.8 Å². The molecule has 178 valence electrons. The number of aromatic nitrogens is 1. The van der Waals surface area contributed by atoms with Crippen LogP contribution in [0, 0.1) is 12.3 Å². The fourth-order valence-corrected chi connectivity index (χ4v) is 5.58. The van der Waals surface area contributed by atoms with E-state index in [0.29, 0.717) is 41.8 Å². The van der Waals surface area contributed by atoms with Gasteiger partial charge in [0.1, 0.15) is 10.6 Å². The summed E-state index contributed by atoms with van der Waals surface area (Å²) in [6, 6.07) is 7.31. The number of carbonyl (C=O) groups is 2. The molecule has 0 bridgehead atoms. The Bertz CT molecular complexity index is 992. The normalized spacial score (nSPS) is 21.8. The molecular formula is C24H31ClN4O3S. The highest BCUT2D eigenvalue weighted by Gasteiger charge is 2.41. The summed E-state index contributed by atoms with van der Waals surface area (Å²) in [4.78, 5) is 37.5. The first-order chi connectivity index (χ1) is 15.8. The van der Waals surface area contributed by atoms with Gasteiger partial charge in [-0.2, -0.15) is 0 Å². The van der Waals surface area contributed by atoms with Crippen molar-refractivity contribution in [2.45, 2.75) is 26.2 Å². The third-order valence-electron chi connectivity index (χ3n) is 6.61. The minimum absolute atomic E-state index is 0.00567. The summed E-state index contributed by atoms with van der Waals surface area (Å²) in [5.74, 6) is 0.811. The lowest BCUT2D eigenvalue weighted by Crippen LogP contribution is -2.53. The zero-order chi connectivity index (χ0) is 23.4. The SMILES string of the molecule is Cc1ncsc1C(=O)N1CCC[C@](COc2cccc(Cl)c2)(CC(=O)N2CCN(C)CC2)C1. The largest absolute Gasteiger partial charge is 0.493 e. The molecule has 0 aliphatic carbocycles. The number of piperidine rings is 1. The smallest absolute Gasteiger partial charge is 0.265 e. The minimum Gasteiger partial charge on any atom is -0.493 e. The molecule has 4 rings (SSSR count). The number of likely N-dealkylation sites (tertiary alicyclic amines) is 1. The highest BCUT2D eigenvalue weighted by Crippen LogP contribution is 2.36. The van der Waals surface area contributed by atoms with Crippen molar-refractivity contribution in [3.63, 3.8) is 0 Å². The minimum atomic E-state index is -0.449. The number of rotatable bonds is 6. The second-order valence-electron chi connectivity index (χ2n) is 9.20. The van der Waals surface area contributed by atoms with Crippen LogP contribution in [-0.2, 0) is 4.79 Å². The molecule has 2 fully saturated rings. The molecule has 2 aromatic rings. The monoisotopic (exact) mass is 490 g/mol. The molecule has 2 amide bonds. The summed E-state index contributed by atoms with van der Waals surface area (Å²) in [5, 5.41) is 0.608. The number of benzene rings is 1. The fourth-order valence-electron chi connectivity index (χ4n) is 4.63. The van der Waals surface area contributed by atoms with Crippen molar-refractivity contribution in [1.82, 2.24) is 19.7 Å². The summed E-state index contributed by atoms with van der Waals surface area (Å²) < 4.78 is 6.17. The maximum absolute atomic E-state index is 13.3. The van der Waals surface area contributed by atoms with E-state index in [4.69, 9.17) is 16.3 Å². The number of nitrogens with zero attached hydrogens (tertiary/aromatic N) is 4. The van der Waals surface area contributed by atoms with E-state index < -0.39 is 5.41 Å². The Hall–Kier alpha value is -2.16. The molecule has 2 saturated heterocycles. The molecule has 9 heteroatoms. The van der Waals surface area contributed by atoms with Crippen molar-refractivity contribution in [3.8, 4) is 5.75 Å². The van der Waals surface area contributed by atoms with Gasteiger partial charge in [0.25, 0.3) is 5.91 Å². The number of piperazine rings is 1. The number of likely N-dealkylation sites (N-methyl/N-ethyl adjacent to an activating group) is 1. The quantitative estimate of drug-likeness (QED) is 0.619. The van der Waals surface area contributed by atoms with E-state index in [1.54, 1.807) is 17.6 Å². The van der Waals surface area contributed by atoms with Gasteiger partial charge >= 0.3 is 0 Å². The molecule has 2 aliphatic heterocycles. The lowest BCUT2D eigenvalue weighted by molar-refractivity contribution is -0.137. The number of ether oxygens (including phenoxy) is 1. The number of amides is 2. The predicted molar refractivity (Wildman–Crippen MR) is 130 cm³/mol. The summed E-state index contributed by atoms with van der Waals surface area (Å²) in [6.07, 6.45) is 2.03. The van der Waals surface area contributed by atoms with E-state index in [9.17, 15) is 9.59 Å². The number of carbonyl (C=O) groups excluding carboxylic acids is 2. The van der Waals surface area contributed by atoms with Gasteiger partial charge in [-0.05, 0) is 45.0 Å². The molecule has 33 heavy (non-hydrogen) atoms. The summed E-state index contributed by atoms with van der Waals surface area (Å²) >= 11 is 7.50. The highest BCUT2D eigenvalue weighted by atomic mass is 35.5. The average Bonchev–Trinajstić information content (AvgIpc) is 3.24. The number of aryl methyl sites for hydroxylation is 1. The number of thiazole rings is 1. The molecule has 0 saturated carbocycles. The van der Waals surface area contributed by atoms with Crippen LogP contribution in [0.5, 0.6) is 5.75 Å². The zero-order valence-corrected chi connectivity index (χ0v) is 20.8. The molecule has 7 nitrogen and oxygen atoms in total. The first-order valence-electron chi connectivity index (χ1n) is 11.4. The Balaban J connectivity index is 1.52. The number of hydrogen-bond acceptors (Lipinski definition) is 6. The Morgan fingerprint density at radius 3 is 2.67 bits per heavy atom. The van der Waals surface area contributed by atoms with Crippen molar-refractivity contribution in [2.75, 3.05) is 52.9 Å². The van der Waals surface area contributed by atoms with Gasteiger partial charge in [-0.15, -0.1) is 11.3 Å². The molecule has 3 heterocycles. The van der Waals surface area contributed by atoms with Crippen LogP contribution in [0.25, 0.3) is 0 Å². The molecule has 1 aromatic carbocycles. The molecule has 0 spiro atoms. The van der Waals surface area contributed by atoms with Crippen LogP contribution >= 0.6 is 22.9 Å². The topological polar surface area (TPSA) is 66.0 Å². The van der Waals surface area contributed by atoms with Crippen molar-refractivity contribution in [3.05, 3.63) is 45.4 Å². The average molecular weight is 491 g/mol. The van der Waals surface area contributed by atoms with Crippen LogP contribution in [-0.4, -0.2) is 84.4 Å². The maximum Gasteiger partial charge on any atom is 0.265 e. The summed E-state index contributed by atoms with van der Waals surface area (Å²) in [7, 11) is 2.08. The Morgan fingerprint density at radius 2 is 1.97 bits per heavy atom.